The predicted molar refractivity (Wildman–Crippen MR) is 142 cm³/mol. The van der Waals surface area contributed by atoms with Gasteiger partial charge in [-0.1, -0.05) is 25.1 Å². The van der Waals surface area contributed by atoms with Crippen LogP contribution in [0, 0.1) is 0 Å². The van der Waals surface area contributed by atoms with Gasteiger partial charge in [0.15, 0.2) is 5.65 Å². The molecule has 1 saturated heterocycles. The first-order chi connectivity index (χ1) is 17.1. The van der Waals surface area contributed by atoms with Gasteiger partial charge in [-0.05, 0) is 60.7 Å². The Balaban J connectivity index is 1.28. The van der Waals surface area contributed by atoms with E-state index in [9.17, 15) is 4.79 Å². The van der Waals surface area contributed by atoms with Gasteiger partial charge in [0.2, 0.25) is 0 Å². The Morgan fingerprint density at radius 3 is 2.57 bits per heavy atom. The Labute approximate surface area is 210 Å². The number of hydrogen-bond acceptors (Lipinski definition) is 5. The summed E-state index contributed by atoms with van der Waals surface area (Å²) >= 11 is 1.67. The lowest BCUT2D eigenvalue weighted by Gasteiger charge is -2.34. The fraction of sp³-hybridized carbons (Fsp3) is 0.296. The molecule has 35 heavy (non-hydrogen) atoms. The van der Waals surface area contributed by atoms with E-state index in [0.717, 1.165) is 52.8 Å². The lowest BCUT2D eigenvalue weighted by Crippen LogP contribution is -2.49. The van der Waals surface area contributed by atoms with E-state index in [1.165, 1.54) is 5.56 Å². The van der Waals surface area contributed by atoms with Crippen LogP contribution in [-0.2, 0) is 13.0 Å². The fourth-order valence-corrected chi connectivity index (χ4v) is 4.89. The van der Waals surface area contributed by atoms with Gasteiger partial charge in [-0.25, -0.2) is 14.8 Å². The molecule has 1 aliphatic rings. The van der Waals surface area contributed by atoms with E-state index < -0.39 is 0 Å². The molecule has 0 radical (unpaired) electrons. The predicted octanol–water partition coefficient (Wildman–Crippen LogP) is 5.05. The third kappa shape index (κ3) is 5.18. The Bertz CT molecular complexity index is 1310. The summed E-state index contributed by atoms with van der Waals surface area (Å²) in [4.78, 5) is 27.7. The zero-order valence-electron chi connectivity index (χ0n) is 20.1. The number of fused-ring (bicyclic) bond motifs is 1. The summed E-state index contributed by atoms with van der Waals surface area (Å²) in [5, 5.41) is 3.04. The molecular formula is C27H30N6OS. The van der Waals surface area contributed by atoms with Crippen molar-refractivity contribution < 1.29 is 4.79 Å². The van der Waals surface area contributed by atoms with Gasteiger partial charge >= 0.3 is 6.03 Å². The molecule has 8 heteroatoms. The monoisotopic (exact) mass is 486 g/mol. The number of hydrogen-bond donors (Lipinski definition) is 1. The van der Waals surface area contributed by atoms with Gasteiger partial charge < -0.3 is 10.2 Å². The van der Waals surface area contributed by atoms with Crippen molar-refractivity contribution in [3.8, 4) is 5.69 Å². The van der Waals surface area contributed by atoms with Crippen molar-refractivity contribution >= 4 is 34.6 Å². The molecule has 4 aromatic rings. The second-order valence-corrected chi connectivity index (χ2v) is 9.53. The van der Waals surface area contributed by atoms with Gasteiger partial charge in [0.05, 0.1) is 6.54 Å². The highest BCUT2D eigenvalue weighted by atomic mass is 32.2. The molecule has 2 aromatic carbocycles. The summed E-state index contributed by atoms with van der Waals surface area (Å²) in [6.45, 7) is 5.82. The molecule has 5 rings (SSSR count). The van der Waals surface area contributed by atoms with E-state index in [0.29, 0.717) is 19.6 Å². The molecule has 0 saturated carbocycles. The van der Waals surface area contributed by atoms with Crippen LogP contribution in [0.2, 0.25) is 0 Å². The highest BCUT2D eigenvalue weighted by molar-refractivity contribution is 7.98. The Morgan fingerprint density at radius 2 is 1.83 bits per heavy atom. The number of benzene rings is 2. The lowest BCUT2D eigenvalue weighted by atomic mass is 10.1. The number of carbonyl (C=O) groups excluding carboxylic acids is 1. The molecule has 0 spiro atoms. The summed E-state index contributed by atoms with van der Waals surface area (Å²) in [5.41, 5.74) is 4.98. The number of urea groups is 1. The fourth-order valence-electron chi connectivity index (χ4n) is 4.43. The quantitative estimate of drug-likeness (QED) is 0.386. The van der Waals surface area contributed by atoms with Crippen LogP contribution in [0.25, 0.3) is 16.9 Å². The van der Waals surface area contributed by atoms with Crippen LogP contribution in [-0.4, -0.2) is 62.8 Å². The van der Waals surface area contributed by atoms with E-state index in [1.807, 2.05) is 53.8 Å². The van der Waals surface area contributed by atoms with Gasteiger partial charge in [0.25, 0.3) is 0 Å². The van der Waals surface area contributed by atoms with Crippen LogP contribution >= 0.6 is 11.8 Å². The molecule has 3 heterocycles. The number of nitrogens with zero attached hydrogens (tertiary/aromatic N) is 5. The number of nitrogens with one attached hydrogen (secondary N) is 1. The minimum Gasteiger partial charge on any atom is -0.322 e. The van der Waals surface area contributed by atoms with Crippen LogP contribution in [0.1, 0.15) is 18.3 Å². The number of imidazole rings is 1. The third-order valence-electron chi connectivity index (χ3n) is 6.43. The number of carbonyl (C=O) groups is 1. The second kappa shape index (κ2) is 10.5. The van der Waals surface area contributed by atoms with Crippen molar-refractivity contribution in [1.82, 2.24) is 24.3 Å². The minimum atomic E-state index is -0.0460. The van der Waals surface area contributed by atoms with Gasteiger partial charge in [-0.15, -0.1) is 11.8 Å². The summed E-state index contributed by atoms with van der Waals surface area (Å²) in [6.07, 6.45) is 4.86. The molecule has 0 atom stereocenters. The van der Waals surface area contributed by atoms with E-state index in [2.05, 4.69) is 51.0 Å². The summed E-state index contributed by atoms with van der Waals surface area (Å²) < 4.78 is 2.16. The average molecular weight is 487 g/mol. The Kier molecular flexibility index (Phi) is 7.01. The molecule has 0 aliphatic carbocycles. The number of piperazine rings is 1. The number of anilines is 1. The number of pyridine rings is 1. The summed E-state index contributed by atoms with van der Waals surface area (Å²) in [6, 6.07) is 20.5. The maximum absolute atomic E-state index is 12.8. The van der Waals surface area contributed by atoms with Crippen molar-refractivity contribution in [2.75, 3.05) is 37.8 Å². The summed E-state index contributed by atoms with van der Waals surface area (Å²) in [7, 11) is 0. The van der Waals surface area contributed by atoms with Crippen LogP contribution in [0.3, 0.4) is 0 Å². The molecule has 1 fully saturated rings. The molecule has 2 aromatic heterocycles. The van der Waals surface area contributed by atoms with Crippen molar-refractivity contribution in [2.45, 2.75) is 24.8 Å². The van der Waals surface area contributed by atoms with Crippen molar-refractivity contribution in [2.24, 2.45) is 0 Å². The number of aryl methyl sites for hydroxylation is 1. The van der Waals surface area contributed by atoms with Crippen LogP contribution in [0.15, 0.2) is 71.8 Å². The second-order valence-electron chi connectivity index (χ2n) is 8.65. The smallest absolute Gasteiger partial charge is 0.321 e. The standard InChI is InChI=1S/C27H30N6OS/c1-3-20-9-11-22(12-10-20)33-25(30-24-8-5-13-28-26(24)33)19-31-14-16-32(17-15-31)27(34)29-21-6-4-7-23(18-21)35-2/h4-13,18H,3,14-17,19H2,1-2H3,(H,29,34). The number of thioether (sulfide) groups is 1. The SMILES string of the molecule is CCc1ccc(-n2c(CN3CCN(C(=O)Nc4cccc(SC)c4)CC3)nc3cccnc32)cc1. The van der Waals surface area contributed by atoms with Gasteiger partial charge in [-0.2, -0.15) is 0 Å². The number of aromatic nitrogens is 3. The van der Waals surface area contributed by atoms with Crippen LogP contribution in [0.5, 0.6) is 0 Å². The van der Waals surface area contributed by atoms with Crippen molar-refractivity contribution in [1.29, 1.82) is 0 Å². The summed E-state index contributed by atoms with van der Waals surface area (Å²) in [5.74, 6) is 0.967. The average Bonchev–Trinajstić information content (AvgIpc) is 3.27. The Morgan fingerprint density at radius 1 is 1.03 bits per heavy atom. The van der Waals surface area contributed by atoms with E-state index in [-0.39, 0.29) is 6.03 Å². The zero-order chi connectivity index (χ0) is 24.2. The van der Waals surface area contributed by atoms with Gasteiger partial charge in [0, 0.05) is 48.6 Å². The molecule has 2 amide bonds. The molecular weight excluding hydrogens is 456 g/mol. The van der Waals surface area contributed by atoms with Gasteiger partial charge in [0.1, 0.15) is 11.3 Å². The van der Waals surface area contributed by atoms with Crippen molar-refractivity contribution in [3.63, 3.8) is 0 Å². The lowest BCUT2D eigenvalue weighted by molar-refractivity contribution is 0.140. The number of rotatable bonds is 6. The maximum atomic E-state index is 12.8. The molecule has 0 unspecified atom stereocenters. The van der Waals surface area contributed by atoms with E-state index >= 15 is 0 Å². The maximum Gasteiger partial charge on any atom is 0.321 e. The topological polar surface area (TPSA) is 66.3 Å². The molecule has 7 nitrogen and oxygen atoms in total. The Hall–Kier alpha value is -3.36. The van der Waals surface area contributed by atoms with E-state index in [1.54, 1.807) is 11.8 Å². The first-order valence-corrected chi connectivity index (χ1v) is 13.2. The molecule has 1 N–H and O–H groups in total. The zero-order valence-corrected chi connectivity index (χ0v) is 21.0. The van der Waals surface area contributed by atoms with Crippen molar-refractivity contribution in [3.05, 3.63) is 78.2 Å². The van der Waals surface area contributed by atoms with Gasteiger partial charge in [-0.3, -0.25) is 9.47 Å². The molecule has 1 aliphatic heterocycles. The largest absolute Gasteiger partial charge is 0.322 e. The normalized spacial score (nSPS) is 14.4. The minimum absolute atomic E-state index is 0.0460. The van der Waals surface area contributed by atoms with E-state index in [4.69, 9.17) is 4.98 Å². The highest BCUT2D eigenvalue weighted by Crippen LogP contribution is 2.23. The first-order valence-electron chi connectivity index (χ1n) is 12.0. The first kappa shape index (κ1) is 23.4. The molecule has 180 valence electrons. The van der Waals surface area contributed by atoms with Crippen LogP contribution in [0.4, 0.5) is 10.5 Å². The highest BCUT2D eigenvalue weighted by Gasteiger charge is 2.23. The van der Waals surface area contributed by atoms with Crippen LogP contribution < -0.4 is 5.32 Å². The third-order valence-corrected chi connectivity index (χ3v) is 7.16. The number of amides is 2. The molecule has 0 bridgehead atoms.